The number of amides is 1. The highest BCUT2D eigenvalue weighted by Gasteiger charge is 2.16. The second-order valence-electron chi connectivity index (χ2n) is 7.70. The first-order chi connectivity index (χ1) is 15.0. The first-order valence-corrected chi connectivity index (χ1v) is 11.2. The Hall–Kier alpha value is -3.25. The lowest BCUT2D eigenvalue weighted by atomic mass is 10.0. The van der Waals surface area contributed by atoms with Crippen molar-refractivity contribution in [3.05, 3.63) is 70.9 Å². The maximum Gasteiger partial charge on any atom is 0.224 e. The van der Waals surface area contributed by atoms with Gasteiger partial charge in [0.05, 0.1) is 5.39 Å². The minimum Gasteiger partial charge on any atom is -0.369 e. The Kier molecular flexibility index (Phi) is 6.28. The van der Waals surface area contributed by atoms with Crippen LogP contribution in [0.3, 0.4) is 0 Å². The number of rotatable bonds is 7. The number of benzene rings is 2. The van der Waals surface area contributed by atoms with Gasteiger partial charge in [-0.15, -0.1) is 11.3 Å². The Morgan fingerprint density at radius 1 is 1.03 bits per heavy atom. The maximum absolute atomic E-state index is 12.4. The zero-order valence-electron chi connectivity index (χ0n) is 18.0. The zero-order chi connectivity index (χ0) is 21.8. The molecule has 0 unspecified atom stereocenters. The van der Waals surface area contributed by atoms with Crippen molar-refractivity contribution < 1.29 is 4.79 Å². The van der Waals surface area contributed by atoms with Crippen LogP contribution in [0.25, 0.3) is 21.3 Å². The highest BCUT2D eigenvalue weighted by atomic mass is 32.1. The molecule has 2 aromatic heterocycles. The van der Waals surface area contributed by atoms with Crippen LogP contribution in [0.1, 0.15) is 28.8 Å². The molecule has 0 aliphatic heterocycles. The molecule has 0 aliphatic carbocycles. The van der Waals surface area contributed by atoms with Crippen LogP contribution < -0.4 is 10.6 Å². The molecule has 0 atom stereocenters. The topological polar surface area (TPSA) is 66.9 Å². The lowest BCUT2D eigenvalue weighted by Gasteiger charge is -2.11. The lowest BCUT2D eigenvalue weighted by Crippen LogP contribution is -2.14. The molecule has 1 amide bonds. The van der Waals surface area contributed by atoms with Crippen LogP contribution in [0.5, 0.6) is 0 Å². The van der Waals surface area contributed by atoms with Crippen LogP contribution in [0.2, 0.25) is 0 Å². The molecule has 0 radical (unpaired) electrons. The van der Waals surface area contributed by atoms with Gasteiger partial charge in [0.25, 0.3) is 0 Å². The fourth-order valence-corrected chi connectivity index (χ4v) is 4.68. The van der Waals surface area contributed by atoms with E-state index in [9.17, 15) is 4.79 Å². The largest absolute Gasteiger partial charge is 0.369 e. The van der Waals surface area contributed by atoms with Crippen LogP contribution >= 0.6 is 11.3 Å². The number of hydrogen-bond acceptors (Lipinski definition) is 5. The molecule has 6 heteroatoms. The zero-order valence-corrected chi connectivity index (χ0v) is 18.8. The average molecular weight is 431 g/mol. The van der Waals surface area contributed by atoms with Crippen molar-refractivity contribution in [1.29, 1.82) is 0 Å². The highest BCUT2D eigenvalue weighted by Crippen LogP contribution is 2.40. The van der Waals surface area contributed by atoms with E-state index in [1.165, 1.54) is 10.4 Å². The minimum absolute atomic E-state index is 0.0275. The second kappa shape index (κ2) is 9.27. The van der Waals surface area contributed by atoms with Crippen molar-refractivity contribution in [3.8, 4) is 11.1 Å². The summed E-state index contributed by atoms with van der Waals surface area (Å²) in [4.78, 5) is 23.5. The molecule has 0 saturated heterocycles. The van der Waals surface area contributed by atoms with Gasteiger partial charge >= 0.3 is 0 Å². The SMILES string of the molecule is Cc1ccc(C)c(NC(=O)CCCNc2ncnc3sc(C)c(-c4ccccc4)c23)c1. The van der Waals surface area contributed by atoms with E-state index in [4.69, 9.17) is 0 Å². The van der Waals surface area contributed by atoms with Gasteiger partial charge < -0.3 is 10.6 Å². The first kappa shape index (κ1) is 21.0. The summed E-state index contributed by atoms with van der Waals surface area (Å²) >= 11 is 1.68. The molecule has 0 saturated carbocycles. The van der Waals surface area contributed by atoms with Gasteiger partial charge in [0.15, 0.2) is 0 Å². The normalized spacial score (nSPS) is 10.9. The van der Waals surface area contributed by atoms with Crippen molar-refractivity contribution in [2.75, 3.05) is 17.2 Å². The van der Waals surface area contributed by atoms with Crippen LogP contribution in [0.4, 0.5) is 11.5 Å². The molecule has 2 heterocycles. The van der Waals surface area contributed by atoms with Gasteiger partial charge in [0.2, 0.25) is 5.91 Å². The summed E-state index contributed by atoms with van der Waals surface area (Å²) in [6, 6.07) is 16.4. The van der Waals surface area contributed by atoms with Crippen LogP contribution in [0.15, 0.2) is 54.9 Å². The predicted octanol–water partition coefficient (Wildman–Crippen LogP) is 6.11. The minimum atomic E-state index is 0.0275. The van der Waals surface area contributed by atoms with Crippen molar-refractivity contribution in [2.24, 2.45) is 0 Å². The molecular weight excluding hydrogens is 404 g/mol. The Balaban J connectivity index is 1.43. The van der Waals surface area contributed by atoms with Crippen molar-refractivity contribution in [1.82, 2.24) is 9.97 Å². The summed E-state index contributed by atoms with van der Waals surface area (Å²) in [6.45, 7) is 6.81. The maximum atomic E-state index is 12.4. The van der Waals surface area contributed by atoms with Crippen molar-refractivity contribution in [3.63, 3.8) is 0 Å². The third-order valence-electron chi connectivity index (χ3n) is 5.27. The molecule has 0 aliphatic rings. The summed E-state index contributed by atoms with van der Waals surface area (Å²) in [6.07, 6.45) is 2.76. The standard InChI is InChI=1S/C25H26N4OS/c1-16-11-12-17(2)20(14-16)29-21(30)10-7-13-26-24-23-22(19-8-5-4-6-9-19)18(3)31-25(23)28-15-27-24/h4-6,8-9,11-12,14-15H,7,10,13H2,1-3H3,(H,29,30)(H,26,27,28). The number of nitrogens with one attached hydrogen (secondary N) is 2. The smallest absolute Gasteiger partial charge is 0.224 e. The Morgan fingerprint density at radius 2 is 1.84 bits per heavy atom. The number of nitrogens with zero attached hydrogens (tertiary/aromatic N) is 2. The number of thiophene rings is 1. The molecule has 0 spiro atoms. The number of carbonyl (C=O) groups is 1. The van der Waals surface area contributed by atoms with Crippen molar-refractivity contribution in [2.45, 2.75) is 33.6 Å². The van der Waals surface area contributed by atoms with Gasteiger partial charge in [-0.05, 0) is 49.9 Å². The summed E-state index contributed by atoms with van der Waals surface area (Å²) in [5.74, 6) is 0.850. The average Bonchev–Trinajstić information content (AvgIpc) is 3.11. The Bertz CT molecular complexity index is 1220. The summed E-state index contributed by atoms with van der Waals surface area (Å²) in [5, 5.41) is 7.50. The molecule has 2 aromatic carbocycles. The quantitative estimate of drug-likeness (QED) is 0.347. The number of aromatic nitrogens is 2. The van der Waals surface area contributed by atoms with Gasteiger partial charge in [-0.2, -0.15) is 0 Å². The van der Waals surface area contributed by atoms with Crippen LogP contribution in [-0.2, 0) is 4.79 Å². The van der Waals surface area contributed by atoms with E-state index in [0.717, 1.165) is 38.4 Å². The van der Waals surface area contributed by atoms with Crippen LogP contribution in [-0.4, -0.2) is 22.4 Å². The van der Waals surface area contributed by atoms with Gasteiger partial charge in [-0.3, -0.25) is 4.79 Å². The molecule has 4 rings (SSSR count). The Labute approximate surface area is 186 Å². The molecule has 158 valence electrons. The number of carbonyl (C=O) groups excluding carboxylic acids is 1. The van der Waals surface area contributed by atoms with E-state index in [2.05, 4.69) is 39.7 Å². The van der Waals surface area contributed by atoms with Gasteiger partial charge in [0.1, 0.15) is 17.0 Å². The van der Waals surface area contributed by atoms with E-state index in [1.807, 2.05) is 50.2 Å². The monoisotopic (exact) mass is 430 g/mol. The predicted molar refractivity (Wildman–Crippen MR) is 130 cm³/mol. The number of anilines is 2. The lowest BCUT2D eigenvalue weighted by molar-refractivity contribution is -0.116. The van der Waals surface area contributed by atoms with Gasteiger partial charge in [0, 0.05) is 29.1 Å². The second-order valence-corrected chi connectivity index (χ2v) is 8.90. The van der Waals surface area contributed by atoms with Gasteiger partial charge in [-0.1, -0.05) is 42.5 Å². The van der Waals surface area contributed by atoms with Gasteiger partial charge in [-0.25, -0.2) is 9.97 Å². The fourth-order valence-electron chi connectivity index (χ4n) is 3.67. The molecular formula is C25H26N4OS. The van der Waals surface area contributed by atoms with Crippen LogP contribution in [0, 0.1) is 20.8 Å². The number of hydrogen-bond donors (Lipinski definition) is 2. The van der Waals surface area contributed by atoms with E-state index < -0.39 is 0 Å². The van der Waals surface area contributed by atoms with Crippen molar-refractivity contribution >= 4 is 39.0 Å². The third-order valence-corrected chi connectivity index (χ3v) is 6.28. The van der Waals surface area contributed by atoms with E-state index in [-0.39, 0.29) is 5.91 Å². The first-order valence-electron chi connectivity index (χ1n) is 10.4. The molecule has 31 heavy (non-hydrogen) atoms. The Morgan fingerprint density at radius 3 is 2.65 bits per heavy atom. The number of fused-ring (bicyclic) bond motifs is 1. The summed E-state index contributed by atoms with van der Waals surface area (Å²) in [7, 11) is 0. The molecule has 4 aromatic rings. The molecule has 2 N–H and O–H groups in total. The summed E-state index contributed by atoms with van der Waals surface area (Å²) < 4.78 is 0. The highest BCUT2D eigenvalue weighted by molar-refractivity contribution is 7.19. The fraction of sp³-hybridized carbons (Fsp3) is 0.240. The van der Waals surface area contributed by atoms with E-state index >= 15 is 0 Å². The van der Waals surface area contributed by atoms with E-state index in [1.54, 1.807) is 17.7 Å². The third kappa shape index (κ3) is 4.75. The molecule has 0 fully saturated rings. The molecule has 5 nitrogen and oxygen atoms in total. The van der Waals surface area contributed by atoms with E-state index in [0.29, 0.717) is 19.4 Å². The number of aryl methyl sites for hydroxylation is 3. The summed E-state index contributed by atoms with van der Waals surface area (Å²) in [5.41, 5.74) is 5.43. The molecule has 0 bridgehead atoms.